The Kier molecular flexibility index (Phi) is 4.58. The van der Waals surface area contributed by atoms with Gasteiger partial charge < -0.3 is 9.15 Å². The van der Waals surface area contributed by atoms with Gasteiger partial charge in [-0.3, -0.25) is 4.79 Å². The highest BCUT2D eigenvalue weighted by molar-refractivity contribution is 7.89. The highest BCUT2D eigenvalue weighted by Crippen LogP contribution is 2.60. The number of hydrogen-bond acceptors (Lipinski definition) is 6. The van der Waals surface area contributed by atoms with E-state index in [2.05, 4.69) is 4.98 Å². The van der Waals surface area contributed by atoms with Crippen molar-refractivity contribution >= 4 is 16.0 Å². The number of methoxy groups -OCH3 is 1. The minimum absolute atomic E-state index is 0.0760. The molecule has 1 saturated carbocycles. The predicted octanol–water partition coefficient (Wildman–Crippen LogP) is 2.92. The normalized spacial score (nSPS) is 21.6. The van der Waals surface area contributed by atoms with Crippen LogP contribution in [0, 0.1) is 25.2 Å². The van der Waals surface area contributed by atoms with Crippen molar-refractivity contribution in [3.63, 3.8) is 0 Å². The first-order chi connectivity index (χ1) is 13.3. The van der Waals surface area contributed by atoms with Crippen LogP contribution in [-0.4, -0.2) is 43.9 Å². The molecule has 150 valence electrons. The monoisotopic (exact) mass is 404 g/mol. The Morgan fingerprint density at radius 1 is 1.29 bits per heavy atom. The van der Waals surface area contributed by atoms with E-state index in [0.717, 1.165) is 6.42 Å². The zero-order valence-corrected chi connectivity index (χ0v) is 17.1. The number of benzene rings is 1. The first-order valence-corrected chi connectivity index (χ1v) is 10.8. The SMILES string of the molecule is COC(=O)C1CC12CCN(S(=O)(=O)c1cc(-c3cnc(C)o3)ccc1C)CC2. The lowest BCUT2D eigenvalue weighted by Gasteiger charge is -2.32. The average Bonchev–Trinajstić information content (AvgIpc) is 3.19. The summed E-state index contributed by atoms with van der Waals surface area (Å²) in [5.74, 6) is 0.820. The standard InChI is InChI=1S/C20H24N2O5S/c1-13-4-5-15(17-12-21-14(2)27-17)10-18(13)28(24,25)22-8-6-20(7-9-22)11-16(20)19(23)26-3/h4-5,10,12,16H,6-9,11H2,1-3H3. The number of oxazole rings is 1. The molecule has 0 amide bonds. The van der Waals surface area contributed by atoms with E-state index >= 15 is 0 Å². The summed E-state index contributed by atoms with van der Waals surface area (Å²) in [5, 5.41) is 0. The molecule has 28 heavy (non-hydrogen) atoms. The molecule has 7 nitrogen and oxygen atoms in total. The van der Waals surface area contributed by atoms with Gasteiger partial charge in [-0.2, -0.15) is 4.31 Å². The Morgan fingerprint density at radius 3 is 2.61 bits per heavy atom. The van der Waals surface area contributed by atoms with E-state index < -0.39 is 10.0 Å². The van der Waals surface area contributed by atoms with Crippen LogP contribution in [0.3, 0.4) is 0 Å². The minimum Gasteiger partial charge on any atom is -0.469 e. The molecule has 2 aliphatic rings. The Morgan fingerprint density at radius 2 is 2.00 bits per heavy atom. The van der Waals surface area contributed by atoms with Gasteiger partial charge in [-0.25, -0.2) is 13.4 Å². The van der Waals surface area contributed by atoms with Crippen molar-refractivity contribution in [3.8, 4) is 11.3 Å². The number of nitrogens with zero attached hydrogens (tertiary/aromatic N) is 2. The number of aromatic nitrogens is 1. The van der Waals surface area contributed by atoms with Crippen molar-refractivity contribution in [2.75, 3.05) is 20.2 Å². The third-order valence-corrected chi connectivity index (χ3v) is 8.15. The van der Waals surface area contributed by atoms with E-state index in [1.54, 1.807) is 32.2 Å². The summed E-state index contributed by atoms with van der Waals surface area (Å²) in [6, 6.07) is 5.29. The zero-order chi connectivity index (χ0) is 20.1. The van der Waals surface area contributed by atoms with Gasteiger partial charge in [0, 0.05) is 25.6 Å². The minimum atomic E-state index is -3.63. The first-order valence-electron chi connectivity index (χ1n) is 9.38. The topological polar surface area (TPSA) is 89.7 Å². The fourth-order valence-corrected chi connectivity index (χ4v) is 5.91. The van der Waals surface area contributed by atoms with Crippen LogP contribution in [0.1, 0.15) is 30.7 Å². The van der Waals surface area contributed by atoms with Crippen molar-refractivity contribution < 1.29 is 22.4 Å². The number of rotatable bonds is 4. The first kappa shape index (κ1) is 19.1. The molecule has 1 aliphatic carbocycles. The third kappa shape index (κ3) is 3.14. The lowest BCUT2D eigenvalue weighted by Crippen LogP contribution is -2.40. The average molecular weight is 404 g/mol. The summed E-state index contributed by atoms with van der Waals surface area (Å²) < 4.78 is 38.5. The molecule has 2 fully saturated rings. The molecule has 8 heteroatoms. The largest absolute Gasteiger partial charge is 0.469 e. The molecule has 1 aromatic carbocycles. The summed E-state index contributed by atoms with van der Waals surface area (Å²) in [4.78, 5) is 16.2. The highest BCUT2D eigenvalue weighted by Gasteiger charge is 2.60. The fraction of sp³-hybridized carbons (Fsp3) is 0.500. The molecule has 1 unspecified atom stereocenters. The summed E-state index contributed by atoms with van der Waals surface area (Å²) in [6.45, 7) is 4.38. The fourth-order valence-electron chi connectivity index (χ4n) is 4.21. The van der Waals surface area contributed by atoms with E-state index in [0.29, 0.717) is 48.7 Å². The van der Waals surface area contributed by atoms with Crippen molar-refractivity contribution in [2.24, 2.45) is 11.3 Å². The summed E-state index contributed by atoms with van der Waals surface area (Å²) in [6.07, 6.45) is 3.77. The Hall–Kier alpha value is -2.19. The van der Waals surface area contributed by atoms with Gasteiger partial charge in [0.25, 0.3) is 0 Å². The molecule has 0 N–H and O–H groups in total. The quantitative estimate of drug-likeness (QED) is 0.728. The van der Waals surface area contributed by atoms with Crippen LogP contribution in [0.2, 0.25) is 0 Å². The van der Waals surface area contributed by atoms with E-state index in [4.69, 9.17) is 9.15 Å². The van der Waals surface area contributed by atoms with Crippen LogP contribution in [-0.2, 0) is 19.6 Å². The molecule has 1 aromatic heterocycles. The number of esters is 1. The van der Waals surface area contributed by atoms with Crippen LogP contribution >= 0.6 is 0 Å². The molecule has 1 spiro atoms. The lowest BCUT2D eigenvalue weighted by molar-refractivity contribution is -0.143. The number of sulfonamides is 1. The van der Waals surface area contributed by atoms with Crippen LogP contribution in [0.15, 0.2) is 33.7 Å². The van der Waals surface area contributed by atoms with Gasteiger partial charge in [-0.15, -0.1) is 0 Å². The van der Waals surface area contributed by atoms with Crippen LogP contribution < -0.4 is 0 Å². The van der Waals surface area contributed by atoms with E-state index in [1.807, 2.05) is 6.07 Å². The molecule has 0 bridgehead atoms. The maximum Gasteiger partial charge on any atom is 0.309 e. The third-order valence-electron chi connectivity index (χ3n) is 6.11. The molecule has 0 radical (unpaired) electrons. The molecule has 1 atom stereocenters. The van der Waals surface area contributed by atoms with Gasteiger partial charge in [0.2, 0.25) is 10.0 Å². The second-order valence-electron chi connectivity index (χ2n) is 7.77. The van der Waals surface area contributed by atoms with Gasteiger partial charge in [0.1, 0.15) is 0 Å². The van der Waals surface area contributed by atoms with Crippen molar-refractivity contribution in [2.45, 2.75) is 38.0 Å². The van der Waals surface area contributed by atoms with Gasteiger partial charge >= 0.3 is 5.97 Å². The Balaban J connectivity index is 1.56. The molecule has 2 heterocycles. The van der Waals surface area contributed by atoms with Crippen molar-refractivity contribution in [3.05, 3.63) is 35.9 Å². The maximum absolute atomic E-state index is 13.3. The molecule has 1 saturated heterocycles. The number of piperidine rings is 1. The number of carbonyl (C=O) groups excluding carboxylic acids is 1. The van der Waals surface area contributed by atoms with E-state index in [9.17, 15) is 13.2 Å². The zero-order valence-electron chi connectivity index (χ0n) is 16.3. The number of ether oxygens (including phenoxy) is 1. The molecular formula is C20H24N2O5S. The second kappa shape index (κ2) is 6.70. The van der Waals surface area contributed by atoms with E-state index in [1.165, 1.54) is 11.4 Å². The number of aryl methyl sites for hydroxylation is 2. The summed E-state index contributed by atoms with van der Waals surface area (Å²) in [7, 11) is -2.22. The number of hydrogen-bond donors (Lipinski definition) is 0. The summed E-state index contributed by atoms with van der Waals surface area (Å²) in [5.41, 5.74) is 1.30. The van der Waals surface area contributed by atoms with Crippen LogP contribution in [0.4, 0.5) is 0 Å². The second-order valence-corrected chi connectivity index (χ2v) is 9.68. The predicted molar refractivity (Wildman–Crippen MR) is 102 cm³/mol. The molecule has 4 rings (SSSR count). The summed E-state index contributed by atoms with van der Waals surface area (Å²) >= 11 is 0. The van der Waals surface area contributed by atoms with Gasteiger partial charge in [-0.05, 0) is 43.2 Å². The molecule has 2 aromatic rings. The van der Waals surface area contributed by atoms with Gasteiger partial charge in [0.05, 0.1) is 24.1 Å². The molecule has 1 aliphatic heterocycles. The van der Waals surface area contributed by atoms with Crippen molar-refractivity contribution in [1.29, 1.82) is 0 Å². The number of carbonyl (C=O) groups is 1. The van der Waals surface area contributed by atoms with Crippen LogP contribution in [0.5, 0.6) is 0 Å². The van der Waals surface area contributed by atoms with Gasteiger partial charge in [0.15, 0.2) is 11.7 Å². The van der Waals surface area contributed by atoms with E-state index in [-0.39, 0.29) is 22.2 Å². The molecular weight excluding hydrogens is 380 g/mol. The lowest BCUT2D eigenvalue weighted by atomic mass is 9.92. The van der Waals surface area contributed by atoms with Crippen molar-refractivity contribution in [1.82, 2.24) is 9.29 Å². The Labute approximate surface area is 164 Å². The van der Waals surface area contributed by atoms with Crippen LogP contribution in [0.25, 0.3) is 11.3 Å². The Bertz CT molecular complexity index is 1020. The smallest absolute Gasteiger partial charge is 0.309 e. The maximum atomic E-state index is 13.3. The highest BCUT2D eigenvalue weighted by atomic mass is 32.2. The van der Waals surface area contributed by atoms with Gasteiger partial charge in [-0.1, -0.05) is 12.1 Å².